The first kappa shape index (κ1) is 16.9. The number of nitrogens with zero attached hydrogens (tertiary/aromatic N) is 1. The Hall–Kier alpha value is -2.96. The molecule has 0 saturated carbocycles. The molecule has 7 heteroatoms. The Morgan fingerprint density at radius 1 is 1.36 bits per heavy atom. The molecule has 0 unspecified atom stereocenters. The third-order valence-electron chi connectivity index (χ3n) is 4.00. The molecule has 130 valence electrons. The number of amides is 1. The van der Waals surface area contributed by atoms with Crippen LogP contribution >= 0.6 is 0 Å². The third kappa shape index (κ3) is 3.31. The Morgan fingerprint density at radius 2 is 2.16 bits per heavy atom. The van der Waals surface area contributed by atoms with E-state index in [1.54, 1.807) is 12.1 Å². The molecule has 0 radical (unpaired) electrons. The Bertz CT molecular complexity index is 851. The van der Waals surface area contributed by atoms with Gasteiger partial charge < -0.3 is 14.8 Å². The second-order valence-corrected chi connectivity index (χ2v) is 5.60. The molecule has 1 aliphatic heterocycles. The predicted molar refractivity (Wildman–Crippen MR) is 87.4 cm³/mol. The van der Waals surface area contributed by atoms with E-state index in [0.29, 0.717) is 36.5 Å². The van der Waals surface area contributed by atoms with Crippen LogP contribution in [0.3, 0.4) is 0 Å². The van der Waals surface area contributed by atoms with Crippen molar-refractivity contribution in [2.45, 2.75) is 12.8 Å². The molecule has 1 amide bonds. The lowest BCUT2D eigenvalue weighted by molar-refractivity contribution is 0.0593. The number of fused-ring (bicyclic) bond motifs is 1. The van der Waals surface area contributed by atoms with Crippen LogP contribution in [0.5, 0.6) is 5.75 Å². The van der Waals surface area contributed by atoms with Crippen molar-refractivity contribution in [2.24, 2.45) is 0 Å². The van der Waals surface area contributed by atoms with Crippen molar-refractivity contribution in [3.05, 3.63) is 58.2 Å². The smallest absolute Gasteiger partial charge is 0.356 e. The molecule has 1 aliphatic rings. The lowest BCUT2D eigenvalue weighted by Crippen LogP contribution is -2.19. The minimum atomic E-state index is -0.600. The van der Waals surface area contributed by atoms with Gasteiger partial charge in [0.15, 0.2) is 0 Å². The number of halogens is 1. The summed E-state index contributed by atoms with van der Waals surface area (Å²) >= 11 is 0. The normalized spacial score (nSPS) is 12.3. The Morgan fingerprint density at radius 3 is 2.84 bits per heavy atom. The zero-order valence-electron chi connectivity index (χ0n) is 13.9. The molecule has 0 atom stereocenters. The number of aromatic nitrogens is 1. The predicted octanol–water partition coefficient (Wildman–Crippen LogP) is 1.89. The maximum atomic E-state index is 14.1. The Labute approximate surface area is 144 Å². The molecule has 2 aromatic rings. The topological polar surface area (TPSA) is 77.5 Å². The molecular weight excluding hydrogens is 327 g/mol. The maximum absolute atomic E-state index is 14.1. The van der Waals surface area contributed by atoms with Crippen molar-refractivity contribution in [3.63, 3.8) is 0 Å². The van der Waals surface area contributed by atoms with E-state index >= 15 is 0 Å². The Kier molecular flexibility index (Phi) is 4.65. The van der Waals surface area contributed by atoms with Gasteiger partial charge in [-0.05, 0) is 23.8 Å². The van der Waals surface area contributed by atoms with Gasteiger partial charge in [-0.25, -0.2) is 14.2 Å². The quantitative estimate of drug-likeness (QED) is 0.857. The highest BCUT2D eigenvalue weighted by atomic mass is 19.1. The van der Waals surface area contributed by atoms with Gasteiger partial charge in [0.2, 0.25) is 0 Å². The Balaban J connectivity index is 1.95. The molecule has 1 N–H and O–H groups in total. The first-order chi connectivity index (χ1) is 12.0. The summed E-state index contributed by atoms with van der Waals surface area (Å²) in [5.74, 6) is -0.984. The van der Waals surface area contributed by atoms with Gasteiger partial charge in [-0.2, -0.15) is 0 Å². The zero-order chi connectivity index (χ0) is 18.0. The van der Waals surface area contributed by atoms with Crippen molar-refractivity contribution in [1.82, 2.24) is 10.3 Å². The summed E-state index contributed by atoms with van der Waals surface area (Å²) in [6, 6.07) is 6.02. The van der Waals surface area contributed by atoms with Crippen LogP contribution in [0, 0.1) is 5.82 Å². The average molecular weight is 344 g/mol. The first-order valence-electron chi connectivity index (χ1n) is 7.78. The molecule has 0 fully saturated rings. The summed E-state index contributed by atoms with van der Waals surface area (Å²) in [7, 11) is 2.74. The second-order valence-electron chi connectivity index (χ2n) is 5.60. The average Bonchev–Trinajstić information content (AvgIpc) is 3.09. The van der Waals surface area contributed by atoms with Crippen molar-refractivity contribution >= 4 is 11.9 Å². The number of nitrogens with one attached hydrogen (secondary N) is 1. The number of esters is 1. The van der Waals surface area contributed by atoms with Gasteiger partial charge in [0.05, 0.1) is 25.0 Å². The molecule has 2 heterocycles. The number of hydrogen-bond donors (Lipinski definition) is 1. The molecule has 6 nitrogen and oxygen atoms in total. The monoisotopic (exact) mass is 344 g/mol. The van der Waals surface area contributed by atoms with E-state index in [1.165, 1.54) is 26.3 Å². The van der Waals surface area contributed by atoms with Crippen LogP contribution in [0.1, 0.15) is 37.7 Å². The minimum Gasteiger partial charge on any atom is -0.491 e. The van der Waals surface area contributed by atoms with Crippen LogP contribution in [-0.4, -0.2) is 37.6 Å². The standard InChI is InChI=1S/C18H17FN2O4/c1-20-17(22)12-4-3-10(8-13(12)19)7-11-9-15(18(23)24-2)21-14-5-6-25-16(11)14/h3-4,8-9H,5-7H2,1-2H3,(H,20,22). The van der Waals surface area contributed by atoms with E-state index in [4.69, 9.17) is 9.47 Å². The molecule has 0 saturated heterocycles. The number of rotatable bonds is 4. The summed E-state index contributed by atoms with van der Waals surface area (Å²) in [6.07, 6.45) is 0.955. The van der Waals surface area contributed by atoms with Gasteiger partial charge >= 0.3 is 5.97 Å². The highest BCUT2D eigenvalue weighted by Crippen LogP contribution is 2.31. The van der Waals surface area contributed by atoms with Crippen LogP contribution in [0.2, 0.25) is 0 Å². The van der Waals surface area contributed by atoms with Crippen molar-refractivity contribution in [2.75, 3.05) is 20.8 Å². The number of ether oxygens (including phenoxy) is 2. The highest BCUT2D eigenvalue weighted by molar-refractivity contribution is 5.94. The second kappa shape index (κ2) is 6.88. The number of hydrogen-bond acceptors (Lipinski definition) is 5. The van der Waals surface area contributed by atoms with Crippen LogP contribution in [0.25, 0.3) is 0 Å². The lowest BCUT2D eigenvalue weighted by Gasteiger charge is -2.11. The molecule has 0 bridgehead atoms. The molecule has 0 spiro atoms. The number of methoxy groups -OCH3 is 1. The van der Waals surface area contributed by atoms with E-state index in [-0.39, 0.29) is 11.3 Å². The van der Waals surface area contributed by atoms with E-state index in [2.05, 4.69) is 10.3 Å². The number of carbonyl (C=O) groups is 2. The van der Waals surface area contributed by atoms with E-state index in [9.17, 15) is 14.0 Å². The van der Waals surface area contributed by atoms with Gasteiger partial charge in [-0.1, -0.05) is 6.07 Å². The van der Waals surface area contributed by atoms with Crippen molar-refractivity contribution in [3.8, 4) is 5.75 Å². The fraction of sp³-hybridized carbons (Fsp3) is 0.278. The van der Waals surface area contributed by atoms with Crippen molar-refractivity contribution < 1.29 is 23.5 Å². The fourth-order valence-corrected chi connectivity index (χ4v) is 2.79. The first-order valence-corrected chi connectivity index (χ1v) is 7.78. The molecule has 3 rings (SSSR count). The summed E-state index contributed by atoms with van der Waals surface area (Å²) in [5.41, 5.74) is 2.27. The molecule has 1 aromatic heterocycles. The summed E-state index contributed by atoms with van der Waals surface area (Å²) < 4.78 is 24.5. The molecule has 0 aliphatic carbocycles. The van der Waals surface area contributed by atoms with Gasteiger partial charge in [-0.15, -0.1) is 0 Å². The SMILES string of the molecule is CNC(=O)c1ccc(Cc2cc(C(=O)OC)nc3c2OCC3)cc1F. The molecular formula is C18H17FN2O4. The summed E-state index contributed by atoms with van der Waals surface area (Å²) in [6.45, 7) is 0.490. The summed E-state index contributed by atoms with van der Waals surface area (Å²) in [5, 5.41) is 2.39. The summed E-state index contributed by atoms with van der Waals surface area (Å²) in [4.78, 5) is 27.6. The minimum absolute atomic E-state index is 0.0160. The van der Waals surface area contributed by atoms with Crippen LogP contribution in [-0.2, 0) is 17.6 Å². The number of pyridine rings is 1. The van der Waals surface area contributed by atoms with Crippen LogP contribution in [0.15, 0.2) is 24.3 Å². The van der Waals surface area contributed by atoms with Gasteiger partial charge in [0, 0.05) is 25.5 Å². The van der Waals surface area contributed by atoms with Crippen molar-refractivity contribution in [1.29, 1.82) is 0 Å². The number of carbonyl (C=O) groups excluding carboxylic acids is 2. The molecule has 1 aromatic carbocycles. The largest absolute Gasteiger partial charge is 0.491 e. The van der Waals surface area contributed by atoms with Gasteiger partial charge in [-0.3, -0.25) is 4.79 Å². The van der Waals surface area contributed by atoms with E-state index in [0.717, 1.165) is 5.56 Å². The van der Waals surface area contributed by atoms with Crippen LogP contribution in [0.4, 0.5) is 4.39 Å². The van der Waals surface area contributed by atoms with Crippen LogP contribution < -0.4 is 10.1 Å². The van der Waals surface area contributed by atoms with E-state index < -0.39 is 17.7 Å². The maximum Gasteiger partial charge on any atom is 0.356 e. The van der Waals surface area contributed by atoms with E-state index in [1.807, 2.05) is 0 Å². The zero-order valence-corrected chi connectivity index (χ0v) is 13.9. The van der Waals surface area contributed by atoms with Gasteiger partial charge in [0.1, 0.15) is 17.3 Å². The third-order valence-corrected chi connectivity index (χ3v) is 4.00. The number of benzene rings is 1. The fourth-order valence-electron chi connectivity index (χ4n) is 2.79. The lowest BCUT2D eigenvalue weighted by atomic mass is 10.0. The molecule has 25 heavy (non-hydrogen) atoms. The highest BCUT2D eigenvalue weighted by Gasteiger charge is 2.22. The van der Waals surface area contributed by atoms with Gasteiger partial charge in [0.25, 0.3) is 5.91 Å².